The molecule has 1 aliphatic heterocycles. The lowest BCUT2D eigenvalue weighted by atomic mass is 9.92. The first-order chi connectivity index (χ1) is 10.8. The Kier molecular flexibility index (Phi) is 4.02. The van der Waals surface area contributed by atoms with Crippen LogP contribution in [0.1, 0.15) is 44.7 Å². The van der Waals surface area contributed by atoms with Crippen LogP contribution in [-0.4, -0.2) is 29.7 Å². The third-order valence-corrected chi connectivity index (χ3v) is 4.34. The van der Waals surface area contributed by atoms with Crippen molar-refractivity contribution in [3.63, 3.8) is 0 Å². The van der Waals surface area contributed by atoms with Gasteiger partial charge in [0, 0.05) is 6.04 Å². The zero-order chi connectivity index (χ0) is 16.8. The van der Waals surface area contributed by atoms with E-state index in [9.17, 15) is 18.0 Å². The van der Waals surface area contributed by atoms with Crippen molar-refractivity contribution in [3.05, 3.63) is 29.8 Å². The highest BCUT2D eigenvalue weighted by Gasteiger charge is 2.47. The van der Waals surface area contributed by atoms with Crippen molar-refractivity contribution in [2.75, 3.05) is 11.4 Å². The van der Waals surface area contributed by atoms with Crippen molar-refractivity contribution >= 4 is 11.7 Å². The number of rotatable bonds is 4. The summed E-state index contributed by atoms with van der Waals surface area (Å²) in [5, 5.41) is 0. The van der Waals surface area contributed by atoms with Gasteiger partial charge in [0.25, 0.3) is 0 Å². The minimum absolute atomic E-state index is 0.0411. The number of alkyl halides is 3. The van der Waals surface area contributed by atoms with Crippen molar-refractivity contribution in [2.45, 2.75) is 51.4 Å². The Labute approximate surface area is 134 Å². The van der Waals surface area contributed by atoms with Gasteiger partial charge in [-0.2, -0.15) is 13.2 Å². The highest BCUT2D eigenvalue weighted by molar-refractivity contribution is 5.96. The second kappa shape index (κ2) is 5.73. The Bertz CT molecular complexity index is 596. The third-order valence-electron chi connectivity index (χ3n) is 4.34. The zero-order valence-electron chi connectivity index (χ0n) is 13.3. The predicted octanol–water partition coefficient (Wildman–Crippen LogP) is 4.74. The van der Waals surface area contributed by atoms with Crippen LogP contribution in [0.5, 0.6) is 0 Å². The summed E-state index contributed by atoms with van der Waals surface area (Å²) in [5.41, 5.74) is 1.61. The highest BCUT2D eigenvalue weighted by Crippen LogP contribution is 2.45. The molecule has 23 heavy (non-hydrogen) atoms. The molecule has 0 bridgehead atoms. The minimum Gasteiger partial charge on any atom is -0.308 e. The number of hydrogen-bond donors (Lipinski definition) is 0. The number of amides is 2. The summed E-state index contributed by atoms with van der Waals surface area (Å²) in [5.74, 6) is 0.198. The SMILES string of the molecule is CC(C)CC1c2ccccc2N(C2CC2)C(=O)N1CC(F)(F)F. The first kappa shape index (κ1) is 16.1. The average molecular weight is 326 g/mol. The van der Waals surface area contributed by atoms with Gasteiger partial charge in [-0.25, -0.2) is 4.79 Å². The quantitative estimate of drug-likeness (QED) is 0.784. The van der Waals surface area contributed by atoms with E-state index in [0.29, 0.717) is 6.42 Å². The molecule has 1 aliphatic carbocycles. The topological polar surface area (TPSA) is 23.6 Å². The number of para-hydroxylation sites is 1. The molecule has 1 heterocycles. The zero-order valence-corrected chi connectivity index (χ0v) is 13.3. The van der Waals surface area contributed by atoms with Crippen LogP contribution in [0.4, 0.5) is 23.7 Å². The Hall–Kier alpha value is -1.72. The lowest BCUT2D eigenvalue weighted by molar-refractivity contribution is -0.144. The van der Waals surface area contributed by atoms with Gasteiger partial charge in [0.2, 0.25) is 0 Å². The summed E-state index contributed by atoms with van der Waals surface area (Å²) >= 11 is 0. The van der Waals surface area contributed by atoms with Gasteiger partial charge in [0.1, 0.15) is 6.54 Å². The molecule has 3 nitrogen and oxygen atoms in total. The van der Waals surface area contributed by atoms with Crippen molar-refractivity contribution in [1.29, 1.82) is 0 Å². The van der Waals surface area contributed by atoms with Crippen LogP contribution in [0.2, 0.25) is 0 Å². The van der Waals surface area contributed by atoms with Crippen molar-refractivity contribution in [3.8, 4) is 0 Å². The Morgan fingerprint density at radius 2 is 1.87 bits per heavy atom. The lowest BCUT2D eigenvalue weighted by Gasteiger charge is -2.43. The molecule has 0 spiro atoms. The second-order valence-electron chi connectivity index (χ2n) is 6.83. The fourth-order valence-electron chi connectivity index (χ4n) is 3.29. The number of anilines is 1. The first-order valence-corrected chi connectivity index (χ1v) is 8.03. The number of carbonyl (C=O) groups is 1. The average Bonchev–Trinajstić information content (AvgIpc) is 3.26. The lowest BCUT2D eigenvalue weighted by Crippen LogP contribution is -2.53. The van der Waals surface area contributed by atoms with Crippen LogP contribution < -0.4 is 4.90 Å². The van der Waals surface area contributed by atoms with Crippen LogP contribution in [0.3, 0.4) is 0 Å². The van der Waals surface area contributed by atoms with Gasteiger partial charge >= 0.3 is 12.2 Å². The number of urea groups is 1. The van der Waals surface area contributed by atoms with Crippen LogP contribution >= 0.6 is 0 Å². The summed E-state index contributed by atoms with van der Waals surface area (Å²) in [7, 11) is 0. The summed E-state index contributed by atoms with van der Waals surface area (Å²) < 4.78 is 39.1. The van der Waals surface area contributed by atoms with Gasteiger partial charge in [-0.15, -0.1) is 0 Å². The molecule has 0 N–H and O–H groups in total. The summed E-state index contributed by atoms with van der Waals surface area (Å²) in [6.45, 7) is 2.74. The van der Waals surface area contributed by atoms with E-state index in [1.807, 2.05) is 38.1 Å². The maximum absolute atomic E-state index is 13.0. The van der Waals surface area contributed by atoms with E-state index in [1.54, 1.807) is 4.90 Å². The van der Waals surface area contributed by atoms with Crippen LogP contribution in [0, 0.1) is 5.92 Å². The highest BCUT2D eigenvalue weighted by atomic mass is 19.4. The molecule has 0 aromatic heterocycles. The van der Waals surface area contributed by atoms with Gasteiger partial charge in [-0.05, 0) is 36.8 Å². The number of fused-ring (bicyclic) bond motifs is 1. The standard InChI is InChI=1S/C17H21F3N2O/c1-11(2)9-15-13-5-3-4-6-14(13)22(12-7-8-12)16(23)21(15)10-17(18,19)20/h3-6,11-12,15H,7-10H2,1-2H3. The first-order valence-electron chi connectivity index (χ1n) is 8.03. The molecule has 1 fully saturated rings. The molecule has 2 aliphatic rings. The third kappa shape index (κ3) is 3.31. The maximum Gasteiger partial charge on any atom is 0.406 e. The molecule has 0 saturated heterocycles. The molecule has 1 aromatic rings. The van der Waals surface area contributed by atoms with E-state index in [4.69, 9.17) is 0 Å². The Morgan fingerprint density at radius 3 is 2.43 bits per heavy atom. The van der Waals surface area contributed by atoms with E-state index in [1.165, 1.54) is 0 Å². The summed E-state index contributed by atoms with van der Waals surface area (Å²) in [4.78, 5) is 15.4. The number of benzene rings is 1. The van der Waals surface area contributed by atoms with E-state index >= 15 is 0 Å². The van der Waals surface area contributed by atoms with E-state index in [2.05, 4.69) is 0 Å². The molecule has 3 rings (SSSR count). The number of hydrogen-bond acceptors (Lipinski definition) is 1. The number of halogens is 3. The van der Waals surface area contributed by atoms with E-state index in [0.717, 1.165) is 29.0 Å². The molecule has 126 valence electrons. The molecular formula is C17H21F3N2O. The van der Waals surface area contributed by atoms with Gasteiger partial charge in [0.15, 0.2) is 0 Å². The van der Waals surface area contributed by atoms with Gasteiger partial charge in [-0.3, -0.25) is 4.90 Å². The summed E-state index contributed by atoms with van der Waals surface area (Å²) in [6.07, 6.45) is -2.16. The maximum atomic E-state index is 13.0. The molecule has 1 saturated carbocycles. The number of nitrogens with zero attached hydrogens (tertiary/aromatic N) is 2. The molecule has 1 aromatic carbocycles. The smallest absolute Gasteiger partial charge is 0.308 e. The monoisotopic (exact) mass is 326 g/mol. The molecule has 1 atom stereocenters. The van der Waals surface area contributed by atoms with Gasteiger partial charge in [-0.1, -0.05) is 32.0 Å². The van der Waals surface area contributed by atoms with Crippen LogP contribution in [-0.2, 0) is 0 Å². The normalized spacial score (nSPS) is 21.8. The van der Waals surface area contributed by atoms with Gasteiger partial charge in [0.05, 0.1) is 11.7 Å². The fraction of sp³-hybridized carbons (Fsp3) is 0.588. The molecular weight excluding hydrogens is 305 g/mol. The van der Waals surface area contributed by atoms with Crippen molar-refractivity contribution in [1.82, 2.24) is 4.90 Å². The Balaban J connectivity index is 2.04. The molecule has 6 heteroatoms. The van der Waals surface area contributed by atoms with E-state index < -0.39 is 24.8 Å². The molecule has 2 amide bonds. The molecule has 1 unspecified atom stereocenters. The second-order valence-corrected chi connectivity index (χ2v) is 6.83. The molecule has 0 radical (unpaired) electrons. The predicted molar refractivity (Wildman–Crippen MR) is 82.3 cm³/mol. The number of carbonyl (C=O) groups excluding carboxylic acids is 1. The van der Waals surface area contributed by atoms with Crippen LogP contribution in [0.25, 0.3) is 0 Å². The largest absolute Gasteiger partial charge is 0.406 e. The fourth-order valence-corrected chi connectivity index (χ4v) is 3.29. The van der Waals surface area contributed by atoms with Crippen molar-refractivity contribution < 1.29 is 18.0 Å². The Morgan fingerprint density at radius 1 is 1.22 bits per heavy atom. The van der Waals surface area contributed by atoms with E-state index in [-0.39, 0.29) is 12.0 Å². The van der Waals surface area contributed by atoms with Crippen molar-refractivity contribution in [2.24, 2.45) is 5.92 Å². The van der Waals surface area contributed by atoms with Gasteiger partial charge < -0.3 is 4.90 Å². The van der Waals surface area contributed by atoms with Crippen LogP contribution in [0.15, 0.2) is 24.3 Å². The minimum atomic E-state index is -4.40. The summed E-state index contributed by atoms with van der Waals surface area (Å²) in [6, 6.07) is 6.40.